The van der Waals surface area contributed by atoms with Gasteiger partial charge in [0.1, 0.15) is 0 Å². The molecule has 0 spiro atoms. The maximum Gasteiger partial charge on any atom is 0.0521 e. The van der Waals surface area contributed by atoms with Gasteiger partial charge in [0.15, 0.2) is 0 Å². The van der Waals surface area contributed by atoms with Gasteiger partial charge in [0.05, 0.1) is 11.3 Å². The van der Waals surface area contributed by atoms with Crippen molar-refractivity contribution in [2.45, 2.75) is 51.4 Å². The van der Waals surface area contributed by atoms with Crippen LogP contribution in [-0.4, -0.2) is 21.6 Å². The van der Waals surface area contributed by atoms with E-state index in [2.05, 4.69) is 20.8 Å². The molecule has 0 aromatic carbocycles. The molecule has 0 aromatic rings. The van der Waals surface area contributed by atoms with Gasteiger partial charge in [-0.25, -0.2) is 0 Å². The van der Waals surface area contributed by atoms with E-state index in [1.807, 2.05) is 0 Å². The van der Waals surface area contributed by atoms with E-state index >= 15 is 0 Å². The minimum atomic E-state index is 0.314. The summed E-state index contributed by atoms with van der Waals surface area (Å²) in [5.74, 6) is 0.802. The third-order valence-electron chi connectivity index (χ3n) is 2.86. The number of ether oxygens (including phenoxy) is 1. The molecule has 0 aliphatic heterocycles. The first kappa shape index (κ1) is 9.27. The molecule has 0 amide bonds. The first-order valence-corrected chi connectivity index (χ1v) is 5.72. The average Bonchev–Trinajstić information content (AvgIpc) is 2.11. The molecule has 66 valence electrons. The first-order valence-electron chi connectivity index (χ1n) is 4.72. The summed E-state index contributed by atoms with van der Waals surface area (Å²) in [4.78, 5) is 0. The number of hydrogen-bond donors (Lipinski definition) is 0. The Kier molecular flexibility index (Phi) is 2.76. The van der Waals surface area contributed by atoms with Crippen molar-refractivity contribution in [3.63, 3.8) is 0 Å². The smallest absolute Gasteiger partial charge is 0.0521 e. The van der Waals surface area contributed by atoms with Gasteiger partial charge in [-0.3, -0.25) is 0 Å². The summed E-state index contributed by atoms with van der Waals surface area (Å²) in [7, 11) is 1.19. The molecule has 0 heterocycles. The van der Waals surface area contributed by atoms with Gasteiger partial charge in [-0.15, -0.1) is 0 Å². The van der Waals surface area contributed by atoms with Crippen LogP contribution in [-0.2, 0) is 4.74 Å². The predicted octanol–water partition coefficient (Wildman–Crippen LogP) is 1.29. The van der Waals surface area contributed by atoms with Crippen LogP contribution in [0.5, 0.6) is 0 Å². The van der Waals surface area contributed by atoms with Crippen molar-refractivity contribution >= 4 is 10.2 Å². The summed E-state index contributed by atoms with van der Waals surface area (Å²) in [6, 6.07) is 0. The SMILES string of the molecule is CC(C)OC1([SiH3])CCCC1C. The van der Waals surface area contributed by atoms with E-state index in [0.717, 1.165) is 5.92 Å². The topological polar surface area (TPSA) is 9.23 Å². The van der Waals surface area contributed by atoms with Crippen LogP contribution in [0.25, 0.3) is 0 Å². The van der Waals surface area contributed by atoms with E-state index < -0.39 is 0 Å². The molecule has 2 unspecified atom stereocenters. The van der Waals surface area contributed by atoms with Crippen molar-refractivity contribution < 1.29 is 4.74 Å². The summed E-state index contributed by atoms with van der Waals surface area (Å²) in [5.41, 5.74) is 0. The molecular weight excluding hydrogens is 152 g/mol. The van der Waals surface area contributed by atoms with E-state index in [4.69, 9.17) is 4.74 Å². The van der Waals surface area contributed by atoms with Gasteiger partial charge < -0.3 is 4.74 Å². The van der Waals surface area contributed by atoms with Crippen molar-refractivity contribution in [2.75, 3.05) is 0 Å². The van der Waals surface area contributed by atoms with Gasteiger partial charge in [0, 0.05) is 10.2 Å². The predicted molar refractivity (Wildman–Crippen MR) is 51.9 cm³/mol. The van der Waals surface area contributed by atoms with Gasteiger partial charge in [0.25, 0.3) is 0 Å². The van der Waals surface area contributed by atoms with Crippen molar-refractivity contribution in [2.24, 2.45) is 5.92 Å². The molecule has 1 fully saturated rings. The molecule has 1 aliphatic carbocycles. The van der Waals surface area contributed by atoms with Crippen LogP contribution in [0.2, 0.25) is 0 Å². The van der Waals surface area contributed by atoms with Crippen LogP contribution >= 0.6 is 0 Å². The molecule has 0 saturated heterocycles. The highest BCUT2D eigenvalue weighted by molar-refractivity contribution is 6.14. The minimum absolute atomic E-state index is 0.314. The third-order valence-corrected chi connectivity index (χ3v) is 4.58. The number of rotatable bonds is 2. The molecule has 0 bridgehead atoms. The lowest BCUT2D eigenvalue weighted by molar-refractivity contribution is -0.0415. The Hall–Kier alpha value is 0.177. The fraction of sp³-hybridized carbons (Fsp3) is 1.00. The second kappa shape index (κ2) is 3.28. The van der Waals surface area contributed by atoms with Crippen LogP contribution in [0.3, 0.4) is 0 Å². The summed E-state index contributed by atoms with van der Waals surface area (Å²) < 4.78 is 5.97. The van der Waals surface area contributed by atoms with Gasteiger partial charge in [-0.2, -0.15) is 0 Å². The van der Waals surface area contributed by atoms with Crippen molar-refractivity contribution in [3.8, 4) is 0 Å². The normalized spacial score (nSPS) is 38.7. The van der Waals surface area contributed by atoms with Crippen LogP contribution in [0.15, 0.2) is 0 Å². The van der Waals surface area contributed by atoms with Gasteiger partial charge in [-0.05, 0) is 32.6 Å². The highest BCUT2D eigenvalue weighted by Gasteiger charge is 2.36. The monoisotopic (exact) mass is 172 g/mol. The Morgan fingerprint density at radius 3 is 2.55 bits per heavy atom. The lowest BCUT2D eigenvalue weighted by Crippen LogP contribution is -2.38. The Morgan fingerprint density at radius 1 is 1.55 bits per heavy atom. The molecule has 0 radical (unpaired) electrons. The van der Waals surface area contributed by atoms with Crippen LogP contribution in [0, 0.1) is 5.92 Å². The van der Waals surface area contributed by atoms with Crippen molar-refractivity contribution in [1.29, 1.82) is 0 Å². The molecule has 1 rings (SSSR count). The summed E-state index contributed by atoms with van der Waals surface area (Å²) >= 11 is 0. The lowest BCUT2D eigenvalue weighted by atomic mass is 10.1. The Morgan fingerprint density at radius 2 is 2.18 bits per heavy atom. The van der Waals surface area contributed by atoms with E-state index in [-0.39, 0.29) is 0 Å². The molecule has 0 N–H and O–H groups in total. The first-order chi connectivity index (χ1) is 5.04. The zero-order valence-electron chi connectivity index (χ0n) is 8.18. The van der Waals surface area contributed by atoms with Crippen molar-refractivity contribution in [3.05, 3.63) is 0 Å². The highest BCUT2D eigenvalue weighted by atomic mass is 28.1. The highest BCUT2D eigenvalue weighted by Crippen LogP contribution is 2.36. The van der Waals surface area contributed by atoms with E-state index in [9.17, 15) is 0 Å². The molecule has 2 heteroatoms. The maximum absolute atomic E-state index is 5.97. The molecule has 0 aromatic heterocycles. The van der Waals surface area contributed by atoms with Gasteiger partial charge in [0.2, 0.25) is 0 Å². The summed E-state index contributed by atoms with van der Waals surface area (Å²) in [5, 5.41) is 0.314. The average molecular weight is 172 g/mol. The second-order valence-corrected chi connectivity index (χ2v) is 5.97. The third kappa shape index (κ3) is 2.06. The molecule has 1 aliphatic rings. The maximum atomic E-state index is 5.97. The zero-order chi connectivity index (χ0) is 8.48. The Labute approximate surface area is 72.9 Å². The fourth-order valence-electron chi connectivity index (χ4n) is 2.02. The quantitative estimate of drug-likeness (QED) is 0.570. The zero-order valence-corrected chi connectivity index (χ0v) is 10.2. The van der Waals surface area contributed by atoms with E-state index in [0.29, 0.717) is 11.3 Å². The molecule has 11 heavy (non-hydrogen) atoms. The largest absolute Gasteiger partial charge is 0.377 e. The summed E-state index contributed by atoms with van der Waals surface area (Å²) in [6.07, 6.45) is 4.46. The van der Waals surface area contributed by atoms with Crippen molar-refractivity contribution in [1.82, 2.24) is 0 Å². The Balaban J connectivity index is 2.51. The van der Waals surface area contributed by atoms with Crippen LogP contribution in [0.1, 0.15) is 40.0 Å². The standard InChI is InChI=1S/C9H20OSi/c1-7(2)10-9(11)6-4-5-8(9)3/h7-8H,4-6H2,1-3,11H3. The number of hydrogen-bond acceptors (Lipinski definition) is 1. The summed E-state index contributed by atoms with van der Waals surface area (Å²) in [6.45, 7) is 6.62. The van der Waals surface area contributed by atoms with E-state index in [1.165, 1.54) is 29.5 Å². The van der Waals surface area contributed by atoms with Gasteiger partial charge >= 0.3 is 0 Å². The molecule has 1 nitrogen and oxygen atoms in total. The van der Waals surface area contributed by atoms with E-state index in [1.54, 1.807) is 0 Å². The van der Waals surface area contributed by atoms with Gasteiger partial charge in [-0.1, -0.05) is 13.3 Å². The lowest BCUT2D eigenvalue weighted by Gasteiger charge is -2.32. The van der Waals surface area contributed by atoms with Crippen LogP contribution in [0.4, 0.5) is 0 Å². The Bertz CT molecular complexity index is 136. The fourth-order valence-corrected chi connectivity index (χ4v) is 3.14. The van der Waals surface area contributed by atoms with Crippen LogP contribution < -0.4 is 0 Å². The molecular formula is C9H20OSi. The molecule has 2 atom stereocenters. The molecule has 1 saturated carbocycles. The second-order valence-electron chi connectivity index (χ2n) is 4.27. The minimum Gasteiger partial charge on any atom is -0.377 e.